The maximum Gasteiger partial charge on any atom is 0.149 e. The second-order valence-corrected chi connectivity index (χ2v) is 19.7. The first-order chi connectivity index (χ1) is 29.5. The fourth-order valence-electron chi connectivity index (χ4n) is 8.40. The molecule has 0 aliphatic rings. The zero-order valence-electron chi connectivity index (χ0n) is 37.2. The van der Waals surface area contributed by atoms with Crippen LogP contribution in [0.1, 0.15) is 79.0 Å². The van der Waals surface area contributed by atoms with Crippen molar-refractivity contribution < 1.29 is 5.11 Å². The van der Waals surface area contributed by atoms with Crippen LogP contribution in [-0.4, -0.2) is 24.6 Å². The number of phenols is 1. The maximum absolute atomic E-state index is 11.7. The normalized spacial score (nSPS) is 12.3. The highest BCUT2D eigenvalue weighted by Gasteiger charge is 2.25. The largest absolute Gasteiger partial charge is 0.507 e. The van der Waals surface area contributed by atoms with E-state index in [1.54, 1.807) is 0 Å². The average molecular weight is 811 g/mol. The van der Waals surface area contributed by atoms with Crippen LogP contribution >= 0.6 is 0 Å². The van der Waals surface area contributed by atoms with E-state index < -0.39 is 0 Å². The van der Waals surface area contributed by atoms with E-state index in [-0.39, 0.29) is 22.0 Å². The van der Waals surface area contributed by atoms with Gasteiger partial charge in [0, 0.05) is 40.2 Å². The Morgan fingerprint density at radius 2 is 1.06 bits per heavy atom. The minimum Gasteiger partial charge on any atom is -0.507 e. The van der Waals surface area contributed by atoms with Gasteiger partial charge in [0.1, 0.15) is 11.6 Å². The summed E-state index contributed by atoms with van der Waals surface area (Å²) >= 11 is 0. The quantitative estimate of drug-likeness (QED) is 0.182. The molecule has 0 aliphatic heterocycles. The number of hydrogen-bond acceptors (Lipinski definition) is 4. The molecule has 0 spiro atoms. The minimum atomic E-state index is -0.137. The maximum atomic E-state index is 11.7. The molecule has 6 aromatic carbocycles. The molecule has 3 aromatic heterocycles. The second kappa shape index (κ2) is 15.3. The zero-order valence-corrected chi connectivity index (χ0v) is 37.2. The number of fused-ring (bicyclic) bond motifs is 2. The molecule has 9 aromatic rings. The molecule has 308 valence electrons. The second-order valence-electron chi connectivity index (χ2n) is 19.7. The Bertz CT molecular complexity index is 3120. The Morgan fingerprint density at radius 3 is 1.76 bits per heavy atom. The first kappa shape index (κ1) is 40.6. The number of rotatable bonds is 6. The molecule has 0 radical (unpaired) electrons. The van der Waals surface area contributed by atoms with Crippen LogP contribution in [0.5, 0.6) is 5.75 Å². The van der Waals surface area contributed by atoms with Gasteiger partial charge in [-0.2, -0.15) is 0 Å². The molecule has 9 rings (SSSR count). The lowest BCUT2D eigenvalue weighted by atomic mass is 9.86. The predicted molar refractivity (Wildman–Crippen MR) is 259 cm³/mol. The summed E-state index contributed by atoms with van der Waals surface area (Å²) in [5.41, 5.74) is 16.1. The number of imidazole rings is 1. The highest BCUT2D eigenvalue weighted by atomic mass is 16.3. The van der Waals surface area contributed by atoms with Gasteiger partial charge in [-0.15, -0.1) is 0 Å². The molecule has 0 saturated carbocycles. The highest BCUT2D eigenvalue weighted by Crippen LogP contribution is 2.43. The zero-order chi connectivity index (χ0) is 43.6. The Balaban J connectivity index is 1.31. The molecule has 0 bridgehead atoms. The molecule has 5 nitrogen and oxygen atoms in total. The van der Waals surface area contributed by atoms with Gasteiger partial charge in [0.15, 0.2) is 0 Å². The summed E-state index contributed by atoms with van der Waals surface area (Å²) in [6, 6.07) is 51.4. The fraction of sp³-hybridized carbons (Fsp3) is 0.211. The molecule has 0 amide bonds. The van der Waals surface area contributed by atoms with Crippen LogP contribution in [0.2, 0.25) is 0 Å². The van der Waals surface area contributed by atoms with Crippen molar-refractivity contribution in [2.75, 3.05) is 0 Å². The van der Waals surface area contributed by atoms with E-state index in [9.17, 15) is 5.11 Å². The molecular weight excluding hydrogens is 757 g/mol. The van der Waals surface area contributed by atoms with Crippen LogP contribution in [0.15, 0.2) is 158 Å². The van der Waals surface area contributed by atoms with E-state index in [0.717, 1.165) is 77.8 Å². The lowest BCUT2D eigenvalue weighted by Gasteiger charge is -2.21. The summed E-state index contributed by atoms with van der Waals surface area (Å²) in [5, 5.41) is 12.7. The highest BCUT2D eigenvalue weighted by molar-refractivity contribution is 6.02. The van der Waals surface area contributed by atoms with Crippen molar-refractivity contribution in [2.45, 2.75) is 78.6 Å². The smallest absolute Gasteiger partial charge is 0.149 e. The van der Waals surface area contributed by atoms with Crippen molar-refractivity contribution in [1.82, 2.24) is 19.5 Å². The lowest BCUT2D eigenvalue weighted by molar-refractivity contribution is 0.475. The topological polar surface area (TPSA) is 63.8 Å². The van der Waals surface area contributed by atoms with Crippen molar-refractivity contribution in [1.29, 1.82) is 0 Å². The number of phenolic OH excluding ortho intramolecular Hbond substituents is 1. The molecule has 1 N–H and O–H groups in total. The lowest BCUT2D eigenvalue weighted by Crippen LogP contribution is -2.11. The van der Waals surface area contributed by atoms with E-state index in [1.165, 1.54) is 11.1 Å². The first-order valence-corrected chi connectivity index (χ1v) is 21.6. The summed E-state index contributed by atoms with van der Waals surface area (Å²) in [5.74, 6) is 0.872. The monoisotopic (exact) mass is 810 g/mol. The van der Waals surface area contributed by atoms with Gasteiger partial charge >= 0.3 is 0 Å². The third-order valence-corrected chi connectivity index (χ3v) is 12.1. The molecule has 62 heavy (non-hydrogen) atoms. The third-order valence-electron chi connectivity index (χ3n) is 12.1. The Labute approximate surface area is 365 Å². The van der Waals surface area contributed by atoms with Crippen molar-refractivity contribution in [3.05, 3.63) is 175 Å². The van der Waals surface area contributed by atoms with E-state index in [2.05, 4.69) is 194 Å². The number of aromatic hydroxyl groups is 1. The SMILES string of the molecule is CC(C)(C)c1ccc(-n2c(-c3cc(C(C)(C)C)ccc3O)nc3c(-c4cccc(-c5cc(-c6cc(C(C)(C)C)ccn6)cc6cccnc56)c4)cc(-c4ccccc4)cc32)cc1. The average Bonchev–Trinajstić information content (AvgIpc) is 3.64. The van der Waals surface area contributed by atoms with Gasteiger partial charge in [-0.25, -0.2) is 4.98 Å². The summed E-state index contributed by atoms with van der Waals surface area (Å²) in [4.78, 5) is 15.3. The number of nitrogens with zero attached hydrogens (tertiary/aromatic N) is 4. The van der Waals surface area contributed by atoms with Gasteiger partial charge in [0.05, 0.1) is 27.8 Å². The van der Waals surface area contributed by atoms with Gasteiger partial charge in [-0.1, -0.05) is 135 Å². The van der Waals surface area contributed by atoms with Crippen LogP contribution in [0, 0.1) is 0 Å². The number of hydrogen-bond donors (Lipinski definition) is 1. The van der Waals surface area contributed by atoms with Crippen molar-refractivity contribution >= 4 is 21.9 Å². The molecule has 5 heteroatoms. The Kier molecular flexibility index (Phi) is 9.97. The van der Waals surface area contributed by atoms with Gasteiger partial charge in [0.2, 0.25) is 0 Å². The van der Waals surface area contributed by atoms with E-state index >= 15 is 0 Å². The van der Waals surface area contributed by atoms with Gasteiger partial charge in [0.25, 0.3) is 0 Å². The van der Waals surface area contributed by atoms with Crippen molar-refractivity contribution in [3.63, 3.8) is 0 Å². The molecule has 0 saturated heterocycles. The number of pyridine rings is 2. The Hall–Kier alpha value is -6.85. The van der Waals surface area contributed by atoms with Crippen LogP contribution in [-0.2, 0) is 16.2 Å². The van der Waals surface area contributed by atoms with Gasteiger partial charge in [-0.3, -0.25) is 14.5 Å². The minimum absolute atomic E-state index is 0.0102. The summed E-state index contributed by atoms with van der Waals surface area (Å²) in [6.45, 7) is 20.0. The van der Waals surface area contributed by atoms with E-state index in [1.807, 2.05) is 30.6 Å². The van der Waals surface area contributed by atoms with Crippen LogP contribution in [0.3, 0.4) is 0 Å². The van der Waals surface area contributed by atoms with Crippen molar-refractivity contribution in [2.24, 2.45) is 0 Å². The third kappa shape index (κ3) is 7.68. The molecule has 0 fully saturated rings. The molecule has 3 heterocycles. The number of benzene rings is 6. The van der Waals surface area contributed by atoms with Crippen molar-refractivity contribution in [3.8, 4) is 67.5 Å². The van der Waals surface area contributed by atoms with Crippen LogP contribution in [0.25, 0.3) is 83.6 Å². The standard InChI is InChI=1S/C57H54N4O/c1-55(2,3)42-20-23-45(24-21-42)61-50-33-40(36-15-11-10-12-16-36)31-47(53(50)60-54(61)48-34-43(56(4,5)6)22-25-51(48)62)38-18-13-17-37(29-38)46-32-41(30-39-19-14-27-59-52(39)46)49-35-44(26-28-58-49)57(7,8)9/h10-35,62H,1-9H3. The van der Waals surface area contributed by atoms with E-state index in [4.69, 9.17) is 15.0 Å². The summed E-state index contributed by atoms with van der Waals surface area (Å²) < 4.78 is 2.22. The first-order valence-electron chi connectivity index (χ1n) is 21.6. The molecular formula is C57H54N4O. The summed E-state index contributed by atoms with van der Waals surface area (Å²) in [6.07, 6.45) is 3.78. The predicted octanol–water partition coefficient (Wildman–Crippen LogP) is 14.9. The van der Waals surface area contributed by atoms with Gasteiger partial charge < -0.3 is 5.11 Å². The molecule has 0 atom stereocenters. The van der Waals surface area contributed by atoms with Crippen LogP contribution < -0.4 is 0 Å². The molecule has 0 aliphatic carbocycles. The number of aromatic nitrogens is 4. The fourth-order valence-corrected chi connectivity index (χ4v) is 8.40. The van der Waals surface area contributed by atoms with Gasteiger partial charge in [-0.05, 0) is 128 Å². The van der Waals surface area contributed by atoms with E-state index in [0.29, 0.717) is 11.4 Å². The van der Waals surface area contributed by atoms with Crippen LogP contribution in [0.4, 0.5) is 0 Å². The summed E-state index contributed by atoms with van der Waals surface area (Å²) in [7, 11) is 0. The molecule has 0 unspecified atom stereocenters. The Morgan fingerprint density at radius 1 is 0.435 bits per heavy atom.